The van der Waals surface area contributed by atoms with Crippen LogP contribution >= 0.6 is 0 Å². The van der Waals surface area contributed by atoms with Crippen LogP contribution in [0.15, 0.2) is 12.3 Å². The van der Waals surface area contributed by atoms with Gasteiger partial charge in [0.25, 0.3) is 0 Å². The first-order valence-corrected chi connectivity index (χ1v) is 4.07. The van der Waals surface area contributed by atoms with E-state index in [0.29, 0.717) is 6.54 Å². The van der Waals surface area contributed by atoms with Crippen LogP contribution < -0.4 is 15.8 Å². The number of aromatic nitrogens is 1. The van der Waals surface area contributed by atoms with Crippen molar-refractivity contribution in [2.24, 2.45) is 12.8 Å². The zero-order valence-corrected chi connectivity index (χ0v) is 7.08. The second-order valence-electron chi connectivity index (χ2n) is 3.00. The maximum absolute atomic E-state index is 5.63. The van der Waals surface area contributed by atoms with Gasteiger partial charge in [-0.25, -0.2) is 0 Å². The van der Waals surface area contributed by atoms with Crippen LogP contribution in [-0.2, 0) is 7.05 Å². The number of rotatable bonds is 1. The van der Waals surface area contributed by atoms with E-state index >= 15 is 0 Å². The Bertz CT molecular complexity index is 282. The van der Waals surface area contributed by atoms with Gasteiger partial charge in [0.2, 0.25) is 5.88 Å². The fourth-order valence-corrected chi connectivity index (χ4v) is 1.35. The Morgan fingerprint density at radius 2 is 2.67 bits per heavy atom. The topological polar surface area (TPSA) is 52.2 Å². The van der Waals surface area contributed by atoms with Crippen LogP contribution in [0, 0.1) is 0 Å². The summed E-state index contributed by atoms with van der Waals surface area (Å²) in [7, 11) is 1.96. The average Bonchev–Trinajstić information content (AvgIpc) is 2.47. The van der Waals surface area contributed by atoms with Gasteiger partial charge in [0.05, 0.1) is 12.2 Å². The maximum atomic E-state index is 5.63. The molecule has 4 nitrogen and oxygen atoms in total. The fraction of sp³-hybridized carbons (Fsp3) is 0.500. The highest BCUT2D eigenvalue weighted by Gasteiger charge is 2.19. The lowest BCUT2D eigenvalue weighted by Crippen LogP contribution is -2.37. The van der Waals surface area contributed by atoms with Gasteiger partial charge >= 0.3 is 0 Å². The lowest BCUT2D eigenvalue weighted by atomic mass is 10.3. The minimum Gasteiger partial charge on any atom is -0.471 e. The van der Waals surface area contributed by atoms with E-state index in [-0.39, 0.29) is 6.10 Å². The normalized spacial score (nSPS) is 21.0. The third-order valence-corrected chi connectivity index (χ3v) is 2.08. The van der Waals surface area contributed by atoms with Crippen molar-refractivity contribution in [3.05, 3.63) is 12.3 Å². The first-order valence-electron chi connectivity index (χ1n) is 4.07. The summed E-state index contributed by atoms with van der Waals surface area (Å²) in [6.45, 7) is 1.35. The fourth-order valence-electron chi connectivity index (χ4n) is 1.35. The van der Waals surface area contributed by atoms with Crippen molar-refractivity contribution in [1.29, 1.82) is 0 Å². The molecule has 0 radical (unpaired) electrons. The predicted molar refractivity (Wildman–Crippen MR) is 47.4 cm³/mol. The molecule has 66 valence electrons. The Balaban J connectivity index is 2.26. The molecule has 0 aromatic carbocycles. The summed E-state index contributed by atoms with van der Waals surface area (Å²) in [5.74, 6) is 0.886. The van der Waals surface area contributed by atoms with Crippen molar-refractivity contribution in [2.75, 3.05) is 18.4 Å². The Morgan fingerprint density at radius 1 is 1.83 bits per heavy atom. The van der Waals surface area contributed by atoms with E-state index in [9.17, 15) is 0 Å². The summed E-state index contributed by atoms with van der Waals surface area (Å²) in [6.07, 6.45) is 2.07. The molecule has 1 unspecified atom stereocenters. The predicted octanol–water partition coefficient (Wildman–Crippen LogP) is 0.157. The first-order chi connectivity index (χ1) is 5.81. The van der Waals surface area contributed by atoms with Gasteiger partial charge in [-0.3, -0.25) is 0 Å². The molecule has 0 saturated carbocycles. The summed E-state index contributed by atoms with van der Waals surface area (Å²) in [6, 6.07) is 2.00. The molecule has 12 heavy (non-hydrogen) atoms. The first kappa shape index (κ1) is 7.49. The van der Waals surface area contributed by atoms with Crippen molar-refractivity contribution in [3.8, 4) is 5.88 Å². The van der Waals surface area contributed by atoms with Crippen LogP contribution in [0.25, 0.3) is 0 Å². The number of hydrogen-bond acceptors (Lipinski definition) is 3. The molecular formula is C8H13N3O. The third-order valence-electron chi connectivity index (χ3n) is 2.08. The molecule has 0 spiro atoms. The standard InChI is InChI=1S/C8H13N3O/c1-11-3-2-7-8(11)12-6(4-9)5-10-7/h2-3,6,10H,4-5,9H2,1H3. The number of nitrogens with two attached hydrogens (primary N) is 1. The number of nitrogens with zero attached hydrogens (tertiary/aromatic N) is 1. The lowest BCUT2D eigenvalue weighted by molar-refractivity contribution is 0.199. The van der Waals surface area contributed by atoms with E-state index in [2.05, 4.69) is 5.32 Å². The quantitative estimate of drug-likeness (QED) is 0.626. The molecule has 0 bridgehead atoms. The highest BCUT2D eigenvalue weighted by molar-refractivity contribution is 5.55. The molecule has 0 amide bonds. The molecule has 1 aliphatic heterocycles. The monoisotopic (exact) mass is 167 g/mol. The Hall–Kier alpha value is -1.16. The second-order valence-corrected chi connectivity index (χ2v) is 3.00. The van der Waals surface area contributed by atoms with Crippen LogP contribution in [0.5, 0.6) is 5.88 Å². The molecule has 2 heterocycles. The maximum Gasteiger partial charge on any atom is 0.217 e. The van der Waals surface area contributed by atoms with Gasteiger partial charge in [-0.1, -0.05) is 0 Å². The summed E-state index contributed by atoms with van der Waals surface area (Å²) in [5, 5.41) is 3.26. The summed E-state index contributed by atoms with van der Waals surface area (Å²) in [5.41, 5.74) is 6.56. The molecule has 0 saturated heterocycles. The second kappa shape index (κ2) is 2.71. The van der Waals surface area contributed by atoms with E-state index in [4.69, 9.17) is 10.5 Å². The van der Waals surface area contributed by atoms with Gasteiger partial charge in [-0.15, -0.1) is 0 Å². The zero-order chi connectivity index (χ0) is 8.55. The lowest BCUT2D eigenvalue weighted by Gasteiger charge is -2.24. The molecule has 1 aliphatic rings. The van der Waals surface area contributed by atoms with Crippen LogP contribution in [0.4, 0.5) is 5.69 Å². The van der Waals surface area contributed by atoms with Crippen LogP contribution in [-0.4, -0.2) is 23.8 Å². The SMILES string of the molecule is Cn1ccc2c1OC(CN)CN2. The average molecular weight is 167 g/mol. The Labute approximate surface area is 71.3 Å². The van der Waals surface area contributed by atoms with E-state index in [1.807, 2.05) is 23.9 Å². The minimum atomic E-state index is 0.103. The molecule has 0 aliphatic carbocycles. The molecule has 3 N–H and O–H groups in total. The van der Waals surface area contributed by atoms with Crippen LogP contribution in [0.3, 0.4) is 0 Å². The molecule has 0 fully saturated rings. The van der Waals surface area contributed by atoms with Gasteiger partial charge < -0.3 is 20.4 Å². The highest BCUT2D eigenvalue weighted by Crippen LogP contribution is 2.28. The van der Waals surface area contributed by atoms with Gasteiger partial charge in [-0.2, -0.15) is 0 Å². The number of fused-ring (bicyclic) bond motifs is 1. The van der Waals surface area contributed by atoms with Gasteiger partial charge in [-0.05, 0) is 6.07 Å². The molecule has 1 aromatic rings. The summed E-state index contributed by atoms with van der Waals surface area (Å²) in [4.78, 5) is 0. The van der Waals surface area contributed by atoms with Gasteiger partial charge in [0.15, 0.2) is 0 Å². The zero-order valence-electron chi connectivity index (χ0n) is 7.08. The molecule has 2 rings (SSSR count). The minimum absolute atomic E-state index is 0.103. The van der Waals surface area contributed by atoms with Crippen molar-refractivity contribution >= 4 is 5.69 Å². The van der Waals surface area contributed by atoms with E-state index in [0.717, 1.165) is 18.1 Å². The van der Waals surface area contributed by atoms with Crippen molar-refractivity contribution in [3.63, 3.8) is 0 Å². The Kier molecular flexibility index (Phi) is 1.69. The molecule has 4 heteroatoms. The highest BCUT2D eigenvalue weighted by atomic mass is 16.5. The van der Waals surface area contributed by atoms with E-state index in [1.54, 1.807) is 0 Å². The molecular weight excluding hydrogens is 154 g/mol. The third kappa shape index (κ3) is 1.04. The van der Waals surface area contributed by atoms with Gasteiger partial charge in [0, 0.05) is 19.8 Å². The van der Waals surface area contributed by atoms with E-state index in [1.165, 1.54) is 0 Å². The van der Waals surface area contributed by atoms with Crippen molar-refractivity contribution in [2.45, 2.75) is 6.10 Å². The Morgan fingerprint density at radius 3 is 3.42 bits per heavy atom. The van der Waals surface area contributed by atoms with Crippen LogP contribution in [0.1, 0.15) is 0 Å². The smallest absolute Gasteiger partial charge is 0.217 e. The number of hydrogen-bond donors (Lipinski definition) is 2. The van der Waals surface area contributed by atoms with Crippen molar-refractivity contribution in [1.82, 2.24) is 4.57 Å². The van der Waals surface area contributed by atoms with Crippen LogP contribution in [0.2, 0.25) is 0 Å². The number of anilines is 1. The summed E-state index contributed by atoms with van der Waals surface area (Å²) < 4.78 is 7.58. The van der Waals surface area contributed by atoms with Crippen molar-refractivity contribution < 1.29 is 4.74 Å². The molecule has 1 atom stereocenters. The number of ether oxygens (including phenoxy) is 1. The summed E-state index contributed by atoms with van der Waals surface area (Å²) >= 11 is 0. The number of aryl methyl sites for hydroxylation is 1. The number of nitrogens with one attached hydrogen (secondary N) is 1. The largest absolute Gasteiger partial charge is 0.471 e. The van der Waals surface area contributed by atoms with E-state index < -0.39 is 0 Å². The van der Waals surface area contributed by atoms with Gasteiger partial charge in [0.1, 0.15) is 6.10 Å². The molecule has 1 aromatic heterocycles.